The maximum atomic E-state index is 13.1. The van der Waals surface area contributed by atoms with Gasteiger partial charge in [0.25, 0.3) is 5.91 Å². The van der Waals surface area contributed by atoms with Crippen LogP contribution in [-0.4, -0.2) is 24.5 Å². The van der Waals surface area contributed by atoms with Gasteiger partial charge in [-0.3, -0.25) is 9.59 Å². The second-order valence-corrected chi connectivity index (χ2v) is 6.57. The van der Waals surface area contributed by atoms with Crippen LogP contribution in [0.1, 0.15) is 34.6 Å². The van der Waals surface area contributed by atoms with Crippen molar-refractivity contribution in [3.63, 3.8) is 0 Å². The number of hydrogen-bond donors (Lipinski definition) is 0. The number of carbonyl (C=O) groups excluding carboxylic acids is 1. The molecule has 5 nitrogen and oxygen atoms in total. The van der Waals surface area contributed by atoms with E-state index < -0.39 is 6.04 Å². The van der Waals surface area contributed by atoms with Crippen LogP contribution in [0.5, 0.6) is 5.75 Å². The molecule has 26 heavy (non-hydrogen) atoms. The molecule has 0 saturated carbocycles. The van der Waals surface area contributed by atoms with E-state index in [0.29, 0.717) is 33.9 Å². The van der Waals surface area contributed by atoms with E-state index in [9.17, 15) is 9.59 Å². The van der Waals surface area contributed by atoms with Gasteiger partial charge in [0.2, 0.25) is 5.76 Å². The molecule has 0 saturated heterocycles. The third kappa shape index (κ3) is 2.47. The monoisotopic (exact) mass is 369 g/mol. The molecular weight excluding hydrogens is 354 g/mol. The molecule has 1 aliphatic rings. The van der Waals surface area contributed by atoms with Crippen LogP contribution < -0.4 is 10.2 Å². The van der Waals surface area contributed by atoms with Crippen molar-refractivity contribution in [3.05, 3.63) is 74.6 Å². The zero-order valence-electron chi connectivity index (χ0n) is 14.3. The van der Waals surface area contributed by atoms with Crippen LogP contribution in [0.3, 0.4) is 0 Å². The van der Waals surface area contributed by atoms with Crippen LogP contribution in [0.25, 0.3) is 11.0 Å². The quantitative estimate of drug-likeness (QED) is 0.699. The normalized spacial score (nSPS) is 16.2. The minimum absolute atomic E-state index is 0.0825. The lowest BCUT2D eigenvalue weighted by Gasteiger charge is -2.20. The van der Waals surface area contributed by atoms with Crippen LogP contribution in [-0.2, 0) is 0 Å². The number of amides is 1. The summed E-state index contributed by atoms with van der Waals surface area (Å²) in [6.45, 7) is 2.43. The molecule has 1 aromatic heterocycles. The van der Waals surface area contributed by atoms with E-state index in [4.69, 9.17) is 20.8 Å². The van der Waals surface area contributed by atoms with Crippen molar-refractivity contribution < 1.29 is 13.9 Å². The van der Waals surface area contributed by atoms with Crippen LogP contribution in [0.4, 0.5) is 0 Å². The molecule has 3 aromatic rings. The fourth-order valence-corrected chi connectivity index (χ4v) is 3.56. The van der Waals surface area contributed by atoms with Crippen LogP contribution >= 0.6 is 11.6 Å². The number of rotatable bonds is 3. The van der Waals surface area contributed by atoms with Crippen LogP contribution in [0, 0.1) is 0 Å². The predicted molar refractivity (Wildman–Crippen MR) is 99.0 cm³/mol. The highest BCUT2D eigenvalue weighted by Gasteiger charge is 2.40. The number of fused-ring (bicyclic) bond motifs is 2. The first kappa shape index (κ1) is 16.7. The van der Waals surface area contributed by atoms with Crippen molar-refractivity contribution in [1.82, 2.24) is 4.90 Å². The fraction of sp³-hybridized carbons (Fsp3) is 0.200. The van der Waals surface area contributed by atoms with Crippen molar-refractivity contribution >= 4 is 28.5 Å². The highest BCUT2D eigenvalue weighted by molar-refractivity contribution is 6.31. The van der Waals surface area contributed by atoms with E-state index in [-0.39, 0.29) is 17.1 Å². The van der Waals surface area contributed by atoms with Gasteiger partial charge in [0.1, 0.15) is 11.3 Å². The molecule has 0 spiro atoms. The van der Waals surface area contributed by atoms with E-state index in [1.807, 2.05) is 31.2 Å². The average Bonchev–Trinajstić information content (AvgIpc) is 2.88. The Bertz CT molecular complexity index is 1090. The summed E-state index contributed by atoms with van der Waals surface area (Å²) in [5, 5.41) is 0.808. The van der Waals surface area contributed by atoms with E-state index in [2.05, 4.69) is 0 Å². The van der Waals surface area contributed by atoms with Gasteiger partial charge in [-0.05, 0) is 42.8 Å². The molecule has 0 bridgehead atoms. The smallest absolute Gasteiger partial charge is 0.290 e. The molecular formula is C20H16ClNO4. The first-order valence-corrected chi connectivity index (χ1v) is 8.65. The summed E-state index contributed by atoms with van der Waals surface area (Å²) in [4.78, 5) is 27.3. The molecule has 1 amide bonds. The van der Waals surface area contributed by atoms with Crippen LogP contribution in [0.15, 0.2) is 51.7 Å². The van der Waals surface area contributed by atoms with Gasteiger partial charge in [-0.15, -0.1) is 0 Å². The standard InChI is InChI=1S/C20H16ClNO4/c1-3-25-13-6-4-5-11(9-13)17-16-18(23)14-10-12(21)7-8-15(14)26-19(16)20(24)22(17)2/h4-10,17H,3H2,1-2H3/t17-/m1/s1. The molecule has 0 aliphatic carbocycles. The molecule has 0 N–H and O–H groups in total. The molecule has 1 aliphatic heterocycles. The molecule has 132 valence electrons. The Morgan fingerprint density at radius 2 is 2.00 bits per heavy atom. The van der Waals surface area contributed by atoms with Crippen molar-refractivity contribution in [2.75, 3.05) is 13.7 Å². The SMILES string of the molecule is CCOc1cccc([C@@H]2c3c(oc4ccc(Cl)cc4c3=O)C(=O)N2C)c1. The second-order valence-electron chi connectivity index (χ2n) is 6.14. The summed E-state index contributed by atoms with van der Waals surface area (Å²) in [5.41, 5.74) is 1.23. The van der Waals surface area contributed by atoms with Gasteiger partial charge >= 0.3 is 0 Å². The predicted octanol–water partition coefficient (Wildman–Crippen LogP) is 4.02. The lowest BCUT2D eigenvalue weighted by atomic mass is 9.98. The maximum absolute atomic E-state index is 13.1. The Labute approximate surface area is 154 Å². The molecule has 2 heterocycles. The molecule has 0 unspecified atom stereocenters. The van der Waals surface area contributed by atoms with Gasteiger partial charge in [-0.2, -0.15) is 0 Å². The number of carbonyl (C=O) groups is 1. The minimum Gasteiger partial charge on any atom is -0.494 e. The zero-order chi connectivity index (χ0) is 18.4. The van der Waals surface area contributed by atoms with Gasteiger partial charge in [0, 0.05) is 12.1 Å². The summed E-state index contributed by atoms with van der Waals surface area (Å²) in [5.74, 6) is 0.451. The van der Waals surface area contributed by atoms with Crippen LogP contribution in [0.2, 0.25) is 5.02 Å². The van der Waals surface area contributed by atoms with Gasteiger partial charge in [0.15, 0.2) is 5.43 Å². The van der Waals surface area contributed by atoms with Crippen molar-refractivity contribution in [1.29, 1.82) is 0 Å². The highest BCUT2D eigenvalue weighted by Crippen LogP contribution is 2.38. The third-order valence-electron chi connectivity index (χ3n) is 4.55. The summed E-state index contributed by atoms with van der Waals surface area (Å²) < 4.78 is 11.3. The number of halogens is 1. The molecule has 1 atom stereocenters. The lowest BCUT2D eigenvalue weighted by molar-refractivity contribution is 0.0771. The Kier molecular flexibility index (Phi) is 3.96. The third-order valence-corrected chi connectivity index (χ3v) is 4.78. The molecule has 4 rings (SSSR count). The van der Waals surface area contributed by atoms with E-state index in [1.54, 1.807) is 25.2 Å². The summed E-state index contributed by atoms with van der Waals surface area (Å²) >= 11 is 6.03. The molecule has 2 aromatic carbocycles. The minimum atomic E-state index is -0.530. The molecule has 6 heteroatoms. The van der Waals surface area contributed by atoms with Gasteiger partial charge in [-0.25, -0.2) is 0 Å². The van der Waals surface area contributed by atoms with Crippen molar-refractivity contribution in [2.45, 2.75) is 13.0 Å². The highest BCUT2D eigenvalue weighted by atomic mass is 35.5. The Hall–Kier alpha value is -2.79. The summed E-state index contributed by atoms with van der Waals surface area (Å²) in [6.07, 6.45) is 0. The Balaban J connectivity index is 1.96. The Morgan fingerprint density at radius 3 is 2.77 bits per heavy atom. The van der Waals surface area contributed by atoms with Crippen molar-refractivity contribution in [3.8, 4) is 5.75 Å². The average molecular weight is 370 g/mol. The largest absolute Gasteiger partial charge is 0.494 e. The molecule has 0 fully saturated rings. The number of hydrogen-bond acceptors (Lipinski definition) is 4. The first-order valence-electron chi connectivity index (χ1n) is 8.27. The van der Waals surface area contributed by atoms with E-state index in [0.717, 1.165) is 5.56 Å². The Morgan fingerprint density at radius 1 is 1.19 bits per heavy atom. The number of nitrogens with zero attached hydrogens (tertiary/aromatic N) is 1. The maximum Gasteiger partial charge on any atom is 0.290 e. The van der Waals surface area contributed by atoms with E-state index in [1.165, 1.54) is 4.90 Å². The van der Waals surface area contributed by atoms with Gasteiger partial charge < -0.3 is 14.1 Å². The zero-order valence-corrected chi connectivity index (χ0v) is 15.0. The number of ether oxygens (including phenoxy) is 1. The fourth-order valence-electron chi connectivity index (χ4n) is 3.39. The van der Waals surface area contributed by atoms with Gasteiger partial charge in [-0.1, -0.05) is 23.7 Å². The van der Waals surface area contributed by atoms with E-state index >= 15 is 0 Å². The summed E-state index contributed by atoms with van der Waals surface area (Å²) in [6, 6.07) is 11.7. The molecule has 0 radical (unpaired) electrons. The second kappa shape index (κ2) is 6.18. The topological polar surface area (TPSA) is 59.8 Å². The van der Waals surface area contributed by atoms with Gasteiger partial charge in [0.05, 0.1) is 23.6 Å². The number of benzene rings is 2. The van der Waals surface area contributed by atoms with Crippen molar-refractivity contribution in [2.24, 2.45) is 0 Å². The lowest BCUT2D eigenvalue weighted by Crippen LogP contribution is -2.25. The first-order chi connectivity index (χ1) is 12.5. The summed E-state index contributed by atoms with van der Waals surface area (Å²) in [7, 11) is 1.66.